The summed E-state index contributed by atoms with van der Waals surface area (Å²) in [6, 6.07) is 7.00. The van der Waals surface area contributed by atoms with Crippen LogP contribution in [-0.4, -0.2) is 29.9 Å². The smallest absolute Gasteiger partial charge is 0.308 e. The summed E-state index contributed by atoms with van der Waals surface area (Å²) in [6.45, 7) is 3.59. The van der Waals surface area contributed by atoms with Crippen LogP contribution in [0.1, 0.15) is 44.6 Å². The Bertz CT molecular complexity index is 937. The molecule has 0 saturated carbocycles. The Hall–Kier alpha value is -2.92. The van der Waals surface area contributed by atoms with Crippen molar-refractivity contribution in [1.82, 2.24) is 9.88 Å². The second kappa shape index (κ2) is 8.45. The van der Waals surface area contributed by atoms with E-state index in [4.69, 9.17) is 10.00 Å². The Kier molecular flexibility index (Phi) is 6.31. The number of Topliss-reactive ketones (excluding diaryl/α,β-unsaturated/α-hetero) is 1. The summed E-state index contributed by atoms with van der Waals surface area (Å²) >= 11 is 0.855. The molecule has 136 valence electrons. The summed E-state index contributed by atoms with van der Waals surface area (Å²) in [4.78, 5) is 36.2. The Labute approximate surface area is 154 Å². The van der Waals surface area contributed by atoms with Crippen LogP contribution in [0.4, 0.5) is 0 Å². The molecule has 2 aromatic rings. The van der Waals surface area contributed by atoms with Gasteiger partial charge in [0.2, 0.25) is 0 Å². The van der Waals surface area contributed by atoms with Crippen molar-refractivity contribution in [2.45, 2.75) is 26.8 Å². The van der Waals surface area contributed by atoms with Crippen LogP contribution in [0.3, 0.4) is 0 Å². The normalized spacial score (nSPS) is 10.2. The second-order valence-corrected chi connectivity index (χ2v) is 6.58. The van der Waals surface area contributed by atoms with Crippen LogP contribution < -0.4 is 14.9 Å². The van der Waals surface area contributed by atoms with Gasteiger partial charge in [-0.2, -0.15) is 5.26 Å². The van der Waals surface area contributed by atoms with Gasteiger partial charge in [0.05, 0.1) is 26.1 Å². The first-order valence-electron chi connectivity index (χ1n) is 7.92. The summed E-state index contributed by atoms with van der Waals surface area (Å²) < 4.78 is 6.80. The third-order valence-corrected chi connectivity index (χ3v) is 4.97. The number of aromatic nitrogens is 1. The summed E-state index contributed by atoms with van der Waals surface area (Å²) in [5, 5.41) is 11.2. The van der Waals surface area contributed by atoms with Crippen molar-refractivity contribution in [3.05, 3.63) is 49.6 Å². The van der Waals surface area contributed by atoms with E-state index < -0.39 is 0 Å². The van der Waals surface area contributed by atoms with Crippen LogP contribution >= 0.6 is 11.3 Å². The maximum Gasteiger partial charge on any atom is 0.308 e. The van der Waals surface area contributed by atoms with Crippen molar-refractivity contribution in [2.75, 3.05) is 13.7 Å². The predicted octanol–water partition coefficient (Wildman–Crippen LogP) is 2.12. The number of benzene rings is 1. The monoisotopic (exact) mass is 373 g/mol. The van der Waals surface area contributed by atoms with Crippen LogP contribution in [0.2, 0.25) is 0 Å². The number of rotatable bonds is 7. The SMILES string of the molecule is COc1ccc(C(C)=O)cc1Cn1c(C)c(C(=O)NCCC#N)sc1=O. The lowest BCUT2D eigenvalue weighted by Crippen LogP contribution is -2.24. The molecule has 1 amide bonds. The lowest BCUT2D eigenvalue weighted by Gasteiger charge is -2.11. The number of carbonyl (C=O) groups excluding carboxylic acids is 2. The molecule has 1 heterocycles. The summed E-state index contributed by atoms with van der Waals surface area (Å²) in [5.74, 6) is 0.108. The van der Waals surface area contributed by atoms with Crippen molar-refractivity contribution >= 4 is 23.0 Å². The van der Waals surface area contributed by atoms with Crippen LogP contribution in [0.25, 0.3) is 0 Å². The van der Waals surface area contributed by atoms with Gasteiger partial charge >= 0.3 is 4.87 Å². The van der Waals surface area contributed by atoms with Crippen molar-refractivity contribution in [3.63, 3.8) is 0 Å². The van der Waals surface area contributed by atoms with Crippen molar-refractivity contribution in [3.8, 4) is 11.8 Å². The number of ether oxygens (including phenoxy) is 1. The number of nitrogens with zero attached hydrogens (tertiary/aromatic N) is 2. The molecule has 0 saturated heterocycles. The number of thiazole rings is 1. The second-order valence-electron chi connectivity index (χ2n) is 5.62. The number of hydrogen-bond acceptors (Lipinski definition) is 6. The van der Waals surface area contributed by atoms with E-state index in [1.54, 1.807) is 25.1 Å². The quantitative estimate of drug-likeness (QED) is 0.592. The zero-order valence-electron chi connectivity index (χ0n) is 14.8. The van der Waals surface area contributed by atoms with Gasteiger partial charge < -0.3 is 10.1 Å². The van der Waals surface area contributed by atoms with Gasteiger partial charge in [-0.3, -0.25) is 19.0 Å². The highest BCUT2D eigenvalue weighted by Crippen LogP contribution is 2.23. The first kappa shape index (κ1) is 19.4. The minimum absolute atomic E-state index is 0.0825. The summed E-state index contributed by atoms with van der Waals surface area (Å²) in [6.07, 6.45) is 0.204. The Morgan fingerprint density at radius 2 is 2.12 bits per heavy atom. The molecule has 0 fully saturated rings. The topological polar surface area (TPSA) is 101 Å². The van der Waals surface area contributed by atoms with Crippen molar-refractivity contribution in [2.24, 2.45) is 0 Å². The predicted molar refractivity (Wildman–Crippen MR) is 98.0 cm³/mol. The molecule has 1 aromatic heterocycles. The largest absolute Gasteiger partial charge is 0.496 e. The van der Waals surface area contributed by atoms with Gasteiger partial charge in [0.1, 0.15) is 10.6 Å². The van der Waals surface area contributed by atoms with Crippen LogP contribution in [0, 0.1) is 18.3 Å². The molecule has 0 spiro atoms. The minimum Gasteiger partial charge on any atom is -0.496 e. The van der Waals surface area contributed by atoms with E-state index in [0.29, 0.717) is 27.4 Å². The molecule has 0 aliphatic rings. The van der Waals surface area contributed by atoms with E-state index in [9.17, 15) is 14.4 Å². The number of carbonyl (C=O) groups is 2. The average Bonchev–Trinajstić information content (AvgIpc) is 2.90. The highest BCUT2D eigenvalue weighted by molar-refractivity contribution is 7.11. The molecule has 2 rings (SSSR count). The van der Waals surface area contributed by atoms with Gasteiger partial charge in [-0.25, -0.2) is 0 Å². The van der Waals surface area contributed by atoms with Crippen molar-refractivity contribution in [1.29, 1.82) is 5.26 Å². The van der Waals surface area contributed by atoms with Gasteiger partial charge in [-0.05, 0) is 32.0 Å². The number of nitriles is 1. The van der Waals surface area contributed by atoms with Gasteiger partial charge in [-0.15, -0.1) is 0 Å². The average molecular weight is 373 g/mol. The summed E-state index contributed by atoms with van der Waals surface area (Å²) in [5.41, 5.74) is 1.74. The first-order valence-corrected chi connectivity index (χ1v) is 8.74. The number of methoxy groups -OCH3 is 1. The van der Waals surface area contributed by atoms with Gasteiger partial charge in [0, 0.05) is 23.4 Å². The Morgan fingerprint density at radius 3 is 2.73 bits per heavy atom. The highest BCUT2D eigenvalue weighted by atomic mass is 32.1. The van der Waals surface area contributed by atoms with Crippen molar-refractivity contribution < 1.29 is 14.3 Å². The Morgan fingerprint density at radius 1 is 1.38 bits per heavy atom. The van der Waals surface area contributed by atoms with Gasteiger partial charge in [-0.1, -0.05) is 11.3 Å². The molecule has 1 aromatic carbocycles. The molecule has 1 N–H and O–H groups in total. The molecule has 7 nitrogen and oxygen atoms in total. The molecule has 0 bridgehead atoms. The number of hydrogen-bond donors (Lipinski definition) is 1. The van der Waals surface area contributed by atoms with Crippen LogP contribution in [0.15, 0.2) is 23.0 Å². The van der Waals surface area contributed by atoms with E-state index in [1.165, 1.54) is 18.6 Å². The van der Waals surface area contributed by atoms with E-state index in [1.807, 2.05) is 6.07 Å². The molecule has 26 heavy (non-hydrogen) atoms. The first-order chi connectivity index (χ1) is 12.4. The molecule has 0 aliphatic heterocycles. The van der Waals surface area contributed by atoms with E-state index >= 15 is 0 Å². The number of nitrogens with one attached hydrogen (secondary N) is 1. The van der Waals surface area contributed by atoms with Gasteiger partial charge in [0.15, 0.2) is 5.78 Å². The summed E-state index contributed by atoms with van der Waals surface area (Å²) in [7, 11) is 1.52. The maximum absolute atomic E-state index is 12.4. The lowest BCUT2D eigenvalue weighted by molar-refractivity contribution is 0.0956. The lowest BCUT2D eigenvalue weighted by atomic mass is 10.1. The molecular formula is C18H19N3O4S. The zero-order valence-corrected chi connectivity index (χ0v) is 15.6. The minimum atomic E-state index is -0.372. The molecule has 0 radical (unpaired) electrons. The molecule has 0 unspecified atom stereocenters. The van der Waals surface area contributed by atoms with Crippen LogP contribution in [0.5, 0.6) is 5.75 Å². The fourth-order valence-corrected chi connectivity index (χ4v) is 3.38. The third-order valence-electron chi connectivity index (χ3n) is 3.89. The molecule has 8 heteroatoms. The molecule has 0 atom stereocenters. The standard InChI is InChI=1S/C18H19N3O4S/c1-11-16(17(23)20-8-4-7-19)26-18(24)21(11)10-14-9-13(12(2)22)5-6-15(14)25-3/h5-6,9H,4,8,10H2,1-3H3,(H,20,23). The highest BCUT2D eigenvalue weighted by Gasteiger charge is 2.19. The van der Waals surface area contributed by atoms with E-state index in [-0.39, 0.29) is 36.1 Å². The molecule has 0 aliphatic carbocycles. The third kappa shape index (κ3) is 4.18. The number of ketones is 1. The van der Waals surface area contributed by atoms with E-state index in [2.05, 4.69) is 5.32 Å². The fourth-order valence-electron chi connectivity index (χ4n) is 2.47. The zero-order chi connectivity index (χ0) is 19.3. The van der Waals surface area contributed by atoms with E-state index in [0.717, 1.165) is 11.3 Å². The fraction of sp³-hybridized carbons (Fsp3) is 0.333. The maximum atomic E-state index is 12.4. The number of amides is 1. The Balaban J connectivity index is 2.35. The molecular weight excluding hydrogens is 354 g/mol. The van der Waals surface area contributed by atoms with Gasteiger partial charge in [0.25, 0.3) is 5.91 Å². The van der Waals surface area contributed by atoms with Crippen LogP contribution in [-0.2, 0) is 6.54 Å².